The Balaban J connectivity index is 2.30. The summed E-state index contributed by atoms with van der Waals surface area (Å²) in [5, 5.41) is 0. The topological polar surface area (TPSA) is 36.2 Å². The lowest BCUT2D eigenvalue weighted by Crippen LogP contribution is -2.21. The van der Waals surface area contributed by atoms with Crippen LogP contribution >= 0.6 is 0 Å². The summed E-state index contributed by atoms with van der Waals surface area (Å²) in [6.45, 7) is 2.12. The Morgan fingerprint density at radius 1 is 0.875 bits per heavy atom. The van der Waals surface area contributed by atoms with E-state index in [2.05, 4.69) is 6.92 Å². The number of rotatable bonds is 6. The maximum atomic E-state index is 13.1. The Hall–Kier alpha value is -2.75. The number of hydrogen-bond acceptors (Lipinski definition) is 2. The van der Waals surface area contributed by atoms with Gasteiger partial charge in [-0.1, -0.05) is 49.7 Å². The number of aromatic nitrogens is 2. The van der Waals surface area contributed by atoms with Crippen LogP contribution in [0.4, 0.5) is 0 Å². The molecule has 0 N–H and O–H groups in total. The molecule has 3 aromatic rings. The van der Waals surface area contributed by atoms with Crippen LogP contribution in [0.1, 0.15) is 25.3 Å². The molecule has 2 aromatic carbocycles. The Bertz CT molecular complexity index is 849. The van der Waals surface area contributed by atoms with E-state index >= 15 is 0 Å². The minimum Gasteiger partial charge on any atom is -0.481 e. The van der Waals surface area contributed by atoms with Gasteiger partial charge in [0.15, 0.2) is 0 Å². The first-order valence-corrected chi connectivity index (χ1v) is 8.29. The molecule has 0 saturated carbocycles. The summed E-state index contributed by atoms with van der Waals surface area (Å²) in [6.07, 6.45) is 2.70. The van der Waals surface area contributed by atoms with Crippen LogP contribution in [0.5, 0.6) is 5.88 Å². The third kappa shape index (κ3) is 2.87. The third-order valence-corrected chi connectivity index (χ3v) is 4.08. The van der Waals surface area contributed by atoms with Crippen LogP contribution in [-0.4, -0.2) is 16.5 Å². The van der Waals surface area contributed by atoms with Crippen molar-refractivity contribution in [2.45, 2.75) is 26.2 Å². The molecule has 124 valence electrons. The van der Waals surface area contributed by atoms with Crippen LogP contribution in [0.15, 0.2) is 65.5 Å². The lowest BCUT2D eigenvalue weighted by molar-refractivity contribution is 0.374. The number of para-hydroxylation sites is 2. The van der Waals surface area contributed by atoms with Crippen LogP contribution in [0, 0.1) is 0 Å². The molecule has 0 radical (unpaired) electrons. The molecule has 0 spiro atoms. The number of hydrogen-bond donors (Lipinski definition) is 0. The van der Waals surface area contributed by atoms with Crippen molar-refractivity contribution >= 4 is 0 Å². The summed E-state index contributed by atoms with van der Waals surface area (Å²) in [5.41, 5.74) is 2.44. The number of benzene rings is 2. The second-order valence-electron chi connectivity index (χ2n) is 5.69. The lowest BCUT2D eigenvalue weighted by Gasteiger charge is -2.14. The average Bonchev–Trinajstić information content (AvgIpc) is 2.93. The maximum Gasteiger partial charge on any atom is 0.278 e. The quantitative estimate of drug-likeness (QED) is 0.688. The number of ether oxygens (including phenoxy) is 1. The van der Waals surface area contributed by atoms with Gasteiger partial charge < -0.3 is 4.74 Å². The number of unbranched alkanes of at least 4 members (excludes halogenated alkanes) is 1. The van der Waals surface area contributed by atoms with Crippen LogP contribution in [0.2, 0.25) is 0 Å². The van der Waals surface area contributed by atoms with Gasteiger partial charge in [-0.05, 0) is 37.1 Å². The van der Waals surface area contributed by atoms with E-state index in [0.29, 0.717) is 12.3 Å². The van der Waals surface area contributed by atoms with Gasteiger partial charge >= 0.3 is 0 Å². The van der Waals surface area contributed by atoms with E-state index in [1.165, 1.54) is 0 Å². The van der Waals surface area contributed by atoms with Crippen LogP contribution in [-0.2, 0) is 6.42 Å². The van der Waals surface area contributed by atoms with E-state index in [0.717, 1.165) is 29.8 Å². The third-order valence-electron chi connectivity index (χ3n) is 4.08. The first-order chi connectivity index (χ1) is 11.8. The van der Waals surface area contributed by atoms with Gasteiger partial charge in [-0.15, -0.1) is 0 Å². The van der Waals surface area contributed by atoms with Crippen molar-refractivity contribution in [1.82, 2.24) is 9.36 Å². The molecule has 0 atom stereocenters. The van der Waals surface area contributed by atoms with E-state index in [1.54, 1.807) is 11.8 Å². The number of methoxy groups -OCH3 is 1. The Morgan fingerprint density at radius 2 is 1.42 bits per heavy atom. The van der Waals surface area contributed by atoms with Crippen molar-refractivity contribution in [3.05, 3.63) is 76.6 Å². The van der Waals surface area contributed by atoms with Gasteiger partial charge in [-0.3, -0.25) is 4.79 Å². The van der Waals surface area contributed by atoms with Crippen molar-refractivity contribution in [3.63, 3.8) is 0 Å². The zero-order valence-electron chi connectivity index (χ0n) is 14.1. The highest BCUT2D eigenvalue weighted by Crippen LogP contribution is 2.25. The highest BCUT2D eigenvalue weighted by Gasteiger charge is 2.22. The van der Waals surface area contributed by atoms with Gasteiger partial charge in [0.1, 0.15) is 0 Å². The normalized spacial score (nSPS) is 10.8. The van der Waals surface area contributed by atoms with Gasteiger partial charge in [0.25, 0.3) is 5.56 Å². The minimum atomic E-state index is -0.0182. The summed E-state index contributed by atoms with van der Waals surface area (Å²) in [7, 11) is 1.62. The molecule has 3 rings (SSSR count). The fraction of sp³-hybridized carbons (Fsp3) is 0.250. The molecule has 0 aliphatic rings. The molecule has 0 aliphatic carbocycles. The standard InChI is InChI=1S/C20H22N2O2/c1-3-4-15-18-19(23)21(16-11-7-5-8-12-16)22(20(18)24-2)17-13-9-6-10-14-17/h5-14H,3-4,15H2,1-2H3. The zero-order chi connectivity index (χ0) is 16.9. The zero-order valence-corrected chi connectivity index (χ0v) is 14.1. The Kier molecular flexibility index (Phi) is 4.85. The molecule has 0 aliphatic heterocycles. The predicted octanol–water partition coefficient (Wildman–Crippen LogP) is 3.98. The van der Waals surface area contributed by atoms with E-state index in [1.807, 2.05) is 65.3 Å². The monoisotopic (exact) mass is 322 g/mol. The Morgan fingerprint density at radius 3 is 1.92 bits per heavy atom. The maximum absolute atomic E-state index is 13.1. The lowest BCUT2D eigenvalue weighted by atomic mass is 10.1. The van der Waals surface area contributed by atoms with Crippen molar-refractivity contribution in [3.8, 4) is 17.3 Å². The van der Waals surface area contributed by atoms with Crippen molar-refractivity contribution < 1.29 is 4.74 Å². The van der Waals surface area contributed by atoms with Crippen molar-refractivity contribution in [1.29, 1.82) is 0 Å². The number of nitrogens with zero attached hydrogens (tertiary/aromatic N) is 2. The molecular formula is C20H22N2O2. The highest BCUT2D eigenvalue weighted by molar-refractivity contribution is 5.43. The summed E-state index contributed by atoms with van der Waals surface area (Å²) < 4.78 is 9.21. The molecular weight excluding hydrogens is 300 g/mol. The SMILES string of the molecule is CCCCc1c(OC)n(-c2ccccc2)n(-c2ccccc2)c1=O. The highest BCUT2D eigenvalue weighted by atomic mass is 16.5. The summed E-state index contributed by atoms with van der Waals surface area (Å²) in [4.78, 5) is 13.1. The molecule has 0 amide bonds. The molecule has 4 heteroatoms. The van der Waals surface area contributed by atoms with E-state index in [4.69, 9.17) is 4.74 Å². The molecule has 0 fully saturated rings. The van der Waals surface area contributed by atoms with Gasteiger partial charge in [-0.2, -0.15) is 0 Å². The van der Waals surface area contributed by atoms with Gasteiger partial charge in [0.2, 0.25) is 5.88 Å². The van der Waals surface area contributed by atoms with Gasteiger partial charge in [-0.25, -0.2) is 9.36 Å². The van der Waals surface area contributed by atoms with Crippen LogP contribution in [0.25, 0.3) is 11.4 Å². The molecule has 1 heterocycles. The second-order valence-corrected chi connectivity index (χ2v) is 5.69. The van der Waals surface area contributed by atoms with E-state index in [-0.39, 0.29) is 5.56 Å². The summed E-state index contributed by atoms with van der Waals surface area (Å²) in [5.74, 6) is 0.614. The smallest absolute Gasteiger partial charge is 0.278 e. The van der Waals surface area contributed by atoms with E-state index in [9.17, 15) is 4.79 Å². The fourth-order valence-electron chi connectivity index (χ4n) is 2.91. The molecule has 1 aromatic heterocycles. The first kappa shape index (κ1) is 16.1. The second kappa shape index (κ2) is 7.21. The molecule has 0 unspecified atom stereocenters. The molecule has 0 saturated heterocycles. The molecule has 4 nitrogen and oxygen atoms in total. The molecule has 0 bridgehead atoms. The average molecular weight is 322 g/mol. The van der Waals surface area contributed by atoms with Crippen LogP contribution < -0.4 is 10.3 Å². The predicted molar refractivity (Wildman–Crippen MR) is 96.5 cm³/mol. The fourth-order valence-corrected chi connectivity index (χ4v) is 2.91. The summed E-state index contributed by atoms with van der Waals surface area (Å²) >= 11 is 0. The first-order valence-electron chi connectivity index (χ1n) is 8.29. The van der Waals surface area contributed by atoms with Gasteiger partial charge in [0, 0.05) is 0 Å². The molecule has 24 heavy (non-hydrogen) atoms. The van der Waals surface area contributed by atoms with Gasteiger partial charge in [0.05, 0.1) is 24.0 Å². The van der Waals surface area contributed by atoms with Crippen LogP contribution in [0.3, 0.4) is 0 Å². The Labute approximate surface area is 141 Å². The van der Waals surface area contributed by atoms with Crippen molar-refractivity contribution in [2.24, 2.45) is 0 Å². The largest absolute Gasteiger partial charge is 0.481 e. The minimum absolute atomic E-state index is 0.0182. The van der Waals surface area contributed by atoms with Crippen molar-refractivity contribution in [2.75, 3.05) is 7.11 Å². The summed E-state index contributed by atoms with van der Waals surface area (Å²) in [6, 6.07) is 19.5. The van der Waals surface area contributed by atoms with E-state index < -0.39 is 0 Å².